The van der Waals surface area contributed by atoms with Crippen LogP contribution in [0.2, 0.25) is 15.1 Å². The van der Waals surface area contributed by atoms with Crippen molar-refractivity contribution in [1.29, 1.82) is 0 Å². The van der Waals surface area contributed by atoms with Crippen LogP contribution in [0.5, 0.6) is 11.5 Å². The Labute approximate surface area is 251 Å². The zero-order chi connectivity index (χ0) is 26.7. The number of hydrogen-bond acceptors (Lipinski definition) is 5. The van der Waals surface area contributed by atoms with E-state index in [4.69, 9.17) is 44.3 Å². The van der Waals surface area contributed by atoms with Crippen LogP contribution in [0, 0.1) is 0 Å². The van der Waals surface area contributed by atoms with Gasteiger partial charge in [-0.2, -0.15) is 0 Å². The Kier molecular flexibility index (Phi) is 9.53. The van der Waals surface area contributed by atoms with Crippen molar-refractivity contribution in [3.63, 3.8) is 0 Å². The molecular formula is C26H19Br2Cl3N2O3S. The molecule has 37 heavy (non-hydrogen) atoms. The molecule has 0 aliphatic carbocycles. The summed E-state index contributed by atoms with van der Waals surface area (Å²) in [6.07, 6.45) is 1.78. The molecule has 11 heteroatoms. The van der Waals surface area contributed by atoms with Crippen LogP contribution in [0.4, 0.5) is 5.69 Å². The van der Waals surface area contributed by atoms with E-state index in [-0.39, 0.29) is 12.5 Å². The standard InChI is InChI=1S/C26H19Br2Cl3N2O3S/c1-3-33-25(34)23(37-26(33)32-17-5-6-18(28)20(30)12-17)10-15-9-16(27)11-22(35-2)24(15)36-13-14-4-7-19(29)21(31)8-14/h4-12H,3,13H2,1-2H3/b23-10+,32-26?. The Morgan fingerprint density at radius 1 is 1.03 bits per heavy atom. The third-order valence-electron chi connectivity index (χ3n) is 5.25. The molecule has 0 bridgehead atoms. The minimum absolute atomic E-state index is 0.149. The van der Waals surface area contributed by atoms with Gasteiger partial charge in [-0.25, -0.2) is 4.99 Å². The van der Waals surface area contributed by atoms with E-state index in [9.17, 15) is 4.79 Å². The lowest BCUT2D eigenvalue weighted by atomic mass is 10.1. The highest BCUT2D eigenvalue weighted by atomic mass is 79.9. The summed E-state index contributed by atoms with van der Waals surface area (Å²) in [4.78, 5) is 20.1. The van der Waals surface area contributed by atoms with Gasteiger partial charge in [-0.3, -0.25) is 9.69 Å². The molecule has 0 radical (unpaired) electrons. The van der Waals surface area contributed by atoms with Gasteiger partial charge >= 0.3 is 0 Å². The van der Waals surface area contributed by atoms with E-state index in [0.717, 1.165) is 14.5 Å². The molecule has 1 aliphatic rings. The molecule has 1 aliphatic heterocycles. The Morgan fingerprint density at radius 3 is 2.49 bits per heavy atom. The quantitative estimate of drug-likeness (QED) is 0.230. The number of methoxy groups -OCH3 is 1. The van der Waals surface area contributed by atoms with Crippen LogP contribution in [0.15, 0.2) is 67.4 Å². The van der Waals surface area contributed by atoms with Gasteiger partial charge in [-0.15, -0.1) is 0 Å². The Morgan fingerprint density at radius 2 is 1.81 bits per heavy atom. The molecule has 3 aromatic carbocycles. The van der Waals surface area contributed by atoms with Gasteiger partial charge in [-0.1, -0.05) is 56.8 Å². The van der Waals surface area contributed by atoms with Crippen LogP contribution in [0.25, 0.3) is 6.08 Å². The summed E-state index contributed by atoms with van der Waals surface area (Å²) in [5.74, 6) is 0.858. The Balaban J connectivity index is 1.69. The normalized spacial score (nSPS) is 15.6. The van der Waals surface area contributed by atoms with E-state index in [1.807, 2.05) is 31.2 Å². The second-order valence-corrected chi connectivity index (χ2v) is 11.7. The fraction of sp³-hybridized carbons (Fsp3) is 0.154. The SMILES string of the molecule is CCN1C(=O)/C(=C\c2cc(Br)cc(OC)c2OCc2ccc(Cl)c(Cl)c2)SC1=Nc1ccc(Br)c(Cl)c1. The minimum Gasteiger partial charge on any atom is -0.493 e. The van der Waals surface area contributed by atoms with E-state index in [1.54, 1.807) is 42.4 Å². The lowest BCUT2D eigenvalue weighted by Gasteiger charge is -2.15. The molecule has 0 aromatic heterocycles. The molecule has 5 nitrogen and oxygen atoms in total. The average Bonchev–Trinajstić information content (AvgIpc) is 3.15. The second-order valence-electron chi connectivity index (χ2n) is 7.72. The van der Waals surface area contributed by atoms with Gasteiger partial charge in [0.05, 0.1) is 32.8 Å². The number of nitrogens with zero attached hydrogens (tertiary/aromatic N) is 2. The van der Waals surface area contributed by atoms with E-state index >= 15 is 0 Å². The summed E-state index contributed by atoms with van der Waals surface area (Å²) in [6, 6.07) is 14.4. The third-order valence-corrected chi connectivity index (χ3v) is 8.69. The molecule has 0 unspecified atom stereocenters. The van der Waals surface area contributed by atoms with Crippen LogP contribution >= 0.6 is 78.4 Å². The topological polar surface area (TPSA) is 51.1 Å². The molecule has 3 aromatic rings. The number of likely N-dealkylation sites (N-methyl/N-ethyl adjacent to an activating group) is 1. The number of benzene rings is 3. The average molecular weight is 706 g/mol. The monoisotopic (exact) mass is 702 g/mol. The summed E-state index contributed by atoms with van der Waals surface area (Å²) in [5, 5.41) is 2.02. The molecule has 0 spiro atoms. The molecule has 0 atom stereocenters. The number of halogens is 5. The summed E-state index contributed by atoms with van der Waals surface area (Å²) >= 11 is 26.6. The maximum Gasteiger partial charge on any atom is 0.266 e. The van der Waals surface area contributed by atoms with Gasteiger partial charge in [0, 0.05) is 21.1 Å². The minimum atomic E-state index is -0.149. The first kappa shape index (κ1) is 28.3. The summed E-state index contributed by atoms with van der Waals surface area (Å²) < 4.78 is 13.3. The number of carbonyl (C=O) groups is 1. The number of amidine groups is 1. The van der Waals surface area contributed by atoms with Gasteiger partial charge in [0.15, 0.2) is 16.7 Å². The van der Waals surface area contributed by atoms with Gasteiger partial charge < -0.3 is 9.47 Å². The van der Waals surface area contributed by atoms with Crippen LogP contribution in [-0.4, -0.2) is 29.6 Å². The summed E-state index contributed by atoms with van der Waals surface area (Å²) in [5.41, 5.74) is 2.16. The van der Waals surface area contributed by atoms with Crippen LogP contribution < -0.4 is 9.47 Å². The smallest absolute Gasteiger partial charge is 0.266 e. The van der Waals surface area contributed by atoms with Crippen LogP contribution in [-0.2, 0) is 11.4 Å². The van der Waals surface area contributed by atoms with Gasteiger partial charge in [0.2, 0.25) is 0 Å². The first-order chi connectivity index (χ1) is 17.7. The van der Waals surface area contributed by atoms with Gasteiger partial charge in [-0.05, 0) is 88.7 Å². The van der Waals surface area contributed by atoms with Gasteiger partial charge in [0.1, 0.15) is 6.61 Å². The number of thioether (sulfide) groups is 1. The first-order valence-electron chi connectivity index (χ1n) is 10.9. The highest BCUT2D eigenvalue weighted by molar-refractivity contribution is 9.10. The van der Waals surface area contributed by atoms with Crippen molar-refractivity contribution < 1.29 is 14.3 Å². The maximum atomic E-state index is 13.3. The summed E-state index contributed by atoms with van der Waals surface area (Å²) in [6.45, 7) is 2.60. The van der Waals surface area contributed by atoms with E-state index < -0.39 is 0 Å². The number of carbonyl (C=O) groups excluding carboxylic acids is 1. The molecule has 4 rings (SSSR count). The number of amides is 1. The fourth-order valence-electron chi connectivity index (χ4n) is 3.46. The Bertz CT molecular complexity index is 1430. The predicted molar refractivity (Wildman–Crippen MR) is 161 cm³/mol. The number of aliphatic imine (C=N–C) groups is 1. The molecule has 192 valence electrons. The summed E-state index contributed by atoms with van der Waals surface area (Å²) in [7, 11) is 1.56. The van der Waals surface area contributed by atoms with Crippen molar-refractivity contribution in [1.82, 2.24) is 4.90 Å². The zero-order valence-electron chi connectivity index (χ0n) is 19.5. The molecule has 1 amide bonds. The second kappa shape index (κ2) is 12.5. The lowest BCUT2D eigenvalue weighted by Crippen LogP contribution is -2.28. The van der Waals surface area contributed by atoms with E-state index in [0.29, 0.717) is 54.4 Å². The number of ether oxygens (including phenoxy) is 2. The van der Waals surface area contributed by atoms with E-state index in [1.165, 1.54) is 11.8 Å². The number of rotatable bonds is 7. The number of hydrogen-bond donors (Lipinski definition) is 0. The van der Waals surface area contributed by atoms with E-state index in [2.05, 4.69) is 36.9 Å². The third kappa shape index (κ3) is 6.67. The van der Waals surface area contributed by atoms with Crippen molar-refractivity contribution in [2.24, 2.45) is 4.99 Å². The van der Waals surface area contributed by atoms with Crippen molar-refractivity contribution >= 4 is 101 Å². The lowest BCUT2D eigenvalue weighted by molar-refractivity contribution is -0.122. The maximum absolute atomic E-state index is 13.3. The largest absolute Gasteiger partial charge is 0.493 e. The van der Waals surface area contributed by atoms with Crippen molar-refractivity contribution in [3.8, 4) is 11.5 Å². The Hall–Kier alpha value is -1.68. The molecule has 1 fully saturated rings. The van der Waals surface area contributed by atoms with Gasteiger partial charge in [0.25, 0.3) is 5.91 Å². The van der Waals surface area contributed by atoms with Crippen molar-refractivity contribution in [3.05, 3.63) is 88.6 Å². The highest BCUT2D eigenvalue weighted by Gasteiger charge is 2.32. The molecular weight excluding hydrogens is 687 g/mol. The first-order valence-corrected chi connectivity index (χ1v) is 14.4. The molecule has 0 saturated carbocycles. The fourth-order valence-corrected chi connectivity index (χ4v) is 5.71. The van der Waals surface area contributed by atoms with Crippen LogP contribution in [0.3, 0.4) is 0 Å². The molecule has 0 N–H and O–H groups in total. The molecule has 1 heterocycles. The molecule has 1 saturated heterocycles. The van der Waals surface area contributed by atoms with Crippen molar-refractivity contribution in [2.45, 2.75) is 13.5 Å². The highest BCUT2D eigenvalue weighted by Crippen LogP contribution is 2.41. The zero-order valence-corrected chi connectivity index (χ0v) is 25.8. The van der Waals surface area contributed by atoms with Crippen molar-refractivity contribution in [2.75, 3.05) is 13.7 Å². The van der Waals surface area contributed by atoms with Crippen LogP contribution in [0.1, 0.15) is 18.1 Å². The predicted octanol–water partition coefficient (Wildman–Crippen LogP) is 9.38.